The standard InChI is InChI=1S/C11H17N3/c1-9-2-3-12-7-10(9)6-11-8-13-4-5-14-11/h4-5,8-10,12H,2-3,6-7H2,1H3. The average molecular weight is 191 g/mol. The van der Waals surface area contributed by atoms with Crippen LogP contribution in [0.2, 0.25) is 0 Å². The largest absolute Gasteiger partial charge is 0.316 e. The van der Waals surface area contributed by atoms with E-state index in [1.54, 1.807) is 12.4 Å². The summed E-state index contributed by atoms with van der Waals surface area (Å²) in [6, 6.07) is 0. The molecule has 1 N–H and O–H groups in total. The summed E-state index contributed by atoms with van der Waals surface area (Å²) in [5.41, 5.74) is 1.12. The second-order valence-corrected chi connectivity index (χ2v) is 4.13. The lowest BCUT2D eigenvalue weighted by Crippen LogP contribution is -2.36. The number of hydrogen-bond acceptors (Lipinski definition) is 3. The van der Waals surface area contributed by atoms with Gasteiger partial charge in [0.1, 0.15) is 0 Å². The maximum atomic E-state index is 4.32. The zero-order valence-electron chi connectivity index (χ0n) is 8.61. The van der Waals surface area contributed by atoms with Crippen molar-refractivity contribution in [1.82, 2.24) is 15.3 Å². The molecule has 1 aromatic heterocycles. The van der Waals surface area contributed by atoms with E-state index in [-0.39, 0.29) is 0 Å². The van der Waals surface area contributed by atoms with Crippen molar-refractivity contribution in [2.75, 3.05) is 13.1 Å². The van der Waals surface area contributed by atoms with Gasteiger partial charge in [0.15, 0.2) is 0 Å². The second kappa shape index (κ2) is 4.51. The molecule has 0 bridgehead atoms. The summed E-state index contributed by atoms with van der Waals surface area (Å²) in [5, 5.41) is 3.44. The molecular formula is C11H17N3. The van der Waals surface area contributed by atoms with Crippen molar-refractivity contribution in [3.63, 3.8) is 0 Å². The van der Waals surface area contributed by atoms with Gasteiger partial charge in [-0.3, -0.25) is 9.97 Å². The lowest BCUT2D eigenvalue weighted by Gasteiger charge is -2.29. The predicted octanol–water partition coefficient (Wildman–Crippen LogP) is 1.26. The summed E-state index contributed by atoms with van der Waals surface area (Å²) in [6.45, 7) is 4.62. The average Bonchev–Trinajstić information content (AvgIpc) is 2.23. The first-order valence-corrected chi connectivity index (χ1v) is 5.32. The van der Waals surface area contributed by atoms with Crippen LogP contribution in [0.5, 0.6) is 0 Å². The van der Waals surface area contributed by atoms with Crippen molar-refractivity contribution in [1.29, 1.82) is 0 Å². The fourth-order valence-electron chi connectivity index (χ4n) is 2.03. The molecule has 3 nitrogen and oxygen atoms in total. The Balaban J connectivity index is 1.96. The zero-order valence-corrected chi connectivity index (χ0v) is 8.61. The minimum absolute atomic E-state index is 0.723. The van der Waals surface area contributed by atoms with E-state index in [2.05, 4.69) is 22.2 Å². The smallest absolute Gasteiger partial charge is 0.0590 e. The van der Waals surface area contributed by atoms with E-state index in [0.29, 0.717) is 0 Å². The number of rotatable bonds is 2. The molecular weight excluding hydrogens is 174 g/mol. The molecule has 2 rings (SSSR count). The highest BCUT2D eigenvalue weighted by atomic mass is 14.9. The summed E-state index contributed by atoms with van der Waals surface area (Å²) in [4.78, 5) is 8.41. The van der Waals surface area contributed by atoms with Crippen LogP contribution >= 0.6 is 0 Å². The quantitative estimate of drug-likeness (QED) is 0.765. The van der Waals surface area contributed by atoms with E-state index in [0.717, 1.165) is 37.0 Å². The highest BCUT2D eigenvalue weighted by Gasteiger charge is 2.21. The van der Waals surface area contributed by atoms with Crippen molar-refractivity contribution < 1.29 is 0 Å². The van der Waals surface area contributed by atoms with Gasteiger partial charge in [-0.25, -0.2) is 0 Å². The molecule has 1 fully saturated rings. The van der Waals surface area contributed by atoms with Gasteiger partial charge < -0.3 is 5.32 Å². The highest BCUT2D eigenvalue weighted by molar-refractivity contribution is 4.97. The molecule has 1 saturated heterocycles. The molecule has 14 heavy (non-hydrogen) atoms. The first-order chi connectivity index (χ1) is 6.86. The lowest BCUT2D eigenvalue weighted by atomic mass is 9.85. The van der Waals surface area contributed by atoms with Gasteiger partial charge in [0.2, 0.25) is 0 Å². The molecule has 0 radical (unpaired) electrons. The molecule has 0 aromatic carbocycles. The maximum absolute atomic E-state index is 4.32. The first-order valence-electron chi connectivity index (χ1n) is 5.32. The van der Waals surface area contributed by atoms with Gasteiger partial charge in [0, 0.05) is 18.6 Å². The van der Waals surface area contributed by atoms with Crippen LogP contribution < -0.4 is 5.32 Å². The molecule has 2 unspecified atom stereocenters. The van der Waals surface area contributed by atoms with Crippen LogP contribution in [0.4, 0.5) is 0 Å². The summed E-state index contributed by atoms with van der Waals surface area (Å²) >= 11 is 0. The molecule has 76 valence electrons. The molecule has 2 atom stereocenters. The number of piperidine rings is 1. The normalized spacial score (nSPS) is 27.5. The molecule has 1 aliphatic heterocycles. The third kappa shape index (κ3) is 2.29. The van der Waals surface area contributed by atoms with Crippen molar-refractivity contribution >= 4 is 0 Å². The van der Waals surface area contributed by atoms with Gasteiger partial charge in [-0.2, -0.15) is 0 Å². The van der Waals surface area contributed by atoms with Gasteiger partial charge in [-0.1, -0.05) is 6.92 Å². The molecule has 1 aromatic rings. The van der Waals surface area contributed by atoms with Crippen LogP contribution in [0.3, 0.4) is 0 Å². The van der Waals surface area contributed by atoms with Crippen LogP contribution in [-0.4, -0.2) is 23.1 Å². The number of nitrogens with zero attached hydrogens (tertiary/aromatic N) is 2. The van der Waals surface area contributed by atoms with Crippen molar-refractivity contribution in [3.8, 4) is 0 Å². The van der Waals surface area contributed by atoms with Gasteiger partial charge >= 0.3 is 0 Å². The summed E-state index contributed by atoms with van der Waals surface area (Å²) in [5.74, 6) is 1.53. The minimum atomic E-state index is 0.723. The Morgan fingerprint density at radius 2 is 2.43 bits per heavy atom. The highest BCUT2D eigenvalue weighted by Crippen LogP contribution is 2.21. The second-order valence-electron chi connectivity index (χ2n) is 4.13. The fraction of sp³-hybridized carbons (Fsp3) is 0.636. The van der Waals surface area contributed by atoms with Crippen LogP contribution in [0.15, 0.2) is 18.6 Å². The Bertz CT molecular complexity index is 273. The van der Waals surface area contributed by atoms with Crippen molar-refractivity contribution in [2.45, 2.75) is 19.8 Å². The first kappa shape index (κ1) is 9.59. The van der Waals surface area contributed by atoms with Crippen molar-refractivity contribution in [3.05, 3.63) is 24.3 Å². The Hall–Kier alpha value is -0.960. The molecule has 1 aliphatic rings. The van der Waals surface area contributed by atoms with E-state index in [9.17, 15) is 0 Å². The van der Waals surface area contributed by atoms with Gasteiger partial charge in [0.05, 0.1) is 5.69 Å². The Labute approximate surface area is 85.0 Å². The van der Waals surface area contributed by atoms with E-state index in [1.807, 2.05) is 6.20 Å². The van der Waals surface area contributed by atoms with Crippen LogP contribution in [0.1, 0.15) is 19.0 Å². The van der Waals surface area contributed by atoms with Gasteiger partial charge in [0.25, 0.3) is 0 Å². The summed E-state index contributed by atoms with van der Waals surface area (Å²) in [6.07, 6.45) is 7.72. The molecule has 0 saturated carbocycles. The number of hydrogen-bond donors (Lipinski definition) is 1. The van der Waals surface area contributed by atoms with Crippen molar-refractivity contribution in [2.24, 2.45) is 11.8 Å². The third-order valence-electron chi connectivity index (χ3n) is 3.08. The Morgan fingerprint density at radius 1 is 1.50 bits per heavy atom. The Morgan fingerprint density at radius 3 is 3.14 bits per heavy atom. The SMILES string of the molecule is CC1CCNCC1Cc1cnccn1. The fourth-order valence-corrected chi connectivity index (χ4v) is 2.03. The molecule has 3 heteroatoms. The number of nitrogens with one attached hydrogen (secondary N) is 1. The minimum Gasteiger partial charge on any atom is -0.316 e. The van der Waals surface area contributed by atoms with Crippen LogP contribution in [-0.2, 0) is 6.42 Å². The van der Waals surface area contributed by atoms with E-state index >= 15 is 0 Å². The number of aromatic nitrogens is 2. The topological polar surface area (TPSA) is 37.8 Å². The van der Waals surface area contributed by atoms with Gasteiger partial charge in [-0.15, -0.1) is 0 Å². The summed E-state index contributed by atoms with van der Waals surface area (Å²) in [7, 11) is 0. The van der Waals surface area contributed by atoms with E-state index in [1.165, 1.54) is 6.42 Å². The predicted molar refractivity (Wildman–Crippen MR) is 55.9 cm³/mol. The monoisotopic (exact) mass is 191 g/mol. The molecule has 2 heterocycles. The van der Waals surface area contributed by atoms with Gasteiger partial charge in [-0.05, 0) is 37.8 Å². The molecule has 0 spiro atoms. The lowest BCUT2D eigenvalue weighted by molar-refractivity contribution is 0.271. The third-order valence-corrected chi connectivity index (χ3v) is 3.08. The van der Waals surface area contributed by atoms with Crippen LogP contribution in [0, 0.1) is 11.8 Å². The van der Waals surface area contributed by atoms with E-state index < -0.39 is 0 Å². The molecule has 0 aliphatic carbocycles. The molecule has 0 amide bonds. The van der Waals surface area contributed by atoms with E-state index in [4.69, 9.17) is 0 Å². The summed E-state index contributed by atoms with van der Waals surface area (Å²) < 4.78 is 0. The maximum Gasteiger partial charge on any atom is 0.0590 e. The Kier molecular flexibility index (Phi) is 3.09. The zero-order chi connectivity index (χ0) is 9.80. The van der Waals surface area contributed by atoms with Crippen LogP contribution in [0.25, 0.3) is 0 Å².